The zero-order valence-electron chi connectivity index (χ0n) is 8.18. The van der Waals surface area contributed by atoms with Gasteiger partial charge in [-0.2, -0.15) is 0 Å². The third kappa shape index (κ3) is 2.22. The van der Waals surface area contributed by atoms with Crippen LogP contribution in [0.4, 0.5) is 4.39 Å². The van der Waals surface area contributed by atoms with Gasteiger partial charge in [-0.3, -0.25) is 9.78 Å². The third-order valence-corrected chi connectivity index (χ3v) is 1.94. The van der Waals surface area contributed by atoms with Crippen molar-refractivity contribution in [1.82, 2.24) is 15.5 Å². The maximum Gasteiger partial charge on any atom is 0.254 e. The second-order valence-corrected chi connectivity index (χ2v) is 3.03. The summed E-state index contributed by atoms with van der Waals surface area (Å²) in [6.07, 6.45) is 3.74. The van der Waals surface area contributed by atoms with Gasteiger partial charge in [-0.25, -0.2) is 4.39 Å². The second-order valence-electron chi connectivity index (χ2n) is 3.03. The predicted molar refractivity (Wildman–Crippen MR) is 51.9 cm³/mol. The number of aromatic nitrogens is 2. The van der Waals surface area contributed by atoms with Crippen LogP contribution in [0.3, 0.4) is 0 Å². The number of carbonyl (C=O) groups excluding carboxylic acids is 1. The SMILES string of the molecule is O=C(NCc1ccon1)c1ccncc1F. The van der Waals surface area contributed by atoms with Crippen LogP contribution in [-0.4, -0.2) is 16.0 Å². The lowest BCUT2D eigenvalue weighted by Gasteiger charge is -2.03. The standard InChI is InChI=1S/C10H8FN3O2/c11-9-6-12-3-1-8(9)10(15)13-5-7-2-4-16-14-7/h1-4,6H,5H2,(H,13,15). The average molecular weight is 221 g/mol. The maximum atomic E-state index is 13.1. The molecule has 6 heteroatoms. The van der Waals surface area contributed by atoms with E-state index < -0.39 is 11.7 Å². The first-order chi connectivity index (χ1) is 7.77. The number of hydrogen-bond acceptors (Lipinski definition) is 4. The van der Waals surface area contributed by atoms with Gasteiger partial charge in [-0.15, -0.1) is 0 Å². The minimum absolute atomic E-state index is 0.0431. The molecule has 0 aliphatic rings. The van der Waals surface area contributed by atoms with Gasteiger partial charge in [0.2, 0.25) is 0 Å². The summed E-state index contributed by atoms with van der Waals surface area (Å²) in [6.45, 7) is 0.192. The summed E-state index contributed by atoms with van der Waals surface area (Å²) in [5.74, 6) is -1.16. The molecule has 2 rings (SSSR count). The van der Waals surface area contributed by atoms with E-state index in [2.05, 4.69) is 20.0 Å². The van der Waals surface area contributed by atoms with Gasteiger partial charge >= 0.3 is 0 Å². The molecular formula is C10H8FN3O2. The summed E-state index contributed by atoms with van der Waals surface area (Å²) in [4.78, 5) is 15.1. The molecule has 0 aliphatic heterocycles. The molecule has 0 radical (unpaired) electrons. The Balaban J connectivity index is 2.01. The van der Waals surface area contributed by atoms with E-state index in [9.17, 15) is 9.18 Å². The van der Waals surface area contributed by atoms with Gasteiger partial charge in [0.15, 0.2) is 5.82 Å². The molecule has 0 atom stereocenters. The van der Waals surface area contributed by atoms with Crippen molar-refractivity contribution in [1.29, 1.82) is 0 Å². The van der Waals surface area contributed by atoms with Crippen LogP contribution in [0.2, 0.25) is 0 Å². The Labute approximate surface area is 90.3 Å². The highest BCUT2D eigenvalue weighted by atomic mass is 19.1. The Morgan fingerprint density at radius 2 is 2.38 bits per heavy atom. The zero-order chi connectivity index (χ0) is 11.4. The molecular weight excluding hydrogens is 213 g/mol. The van der Waals surface area contributed by atoms with Crippen LogP contribution in [0, 0.1) is 5.82 Å². The summed E-state index contributed by atoms with van der Waals surface area (Å²) in [6, 6.07) is 2.93. The molecule has 0 saturated carbocycles. The molecule has 82 valence electrons. The molecule has 0 aromatic carbocycles. The molecule has 1 amide bonds. The third-order valence-electron chi connectivity index (χ3n) is 1.94. The highest BCUT2D eigenvalue weighted by Gasteiger charge is 2.10. The monoisotopic (exact) mass is 221 g/mol. The van der Waals surface area contributed by atoms with E-state index in [0.717, 1.165) is 6.20 Å². The van der Waals surface area contributed by atoms with Crippen LogP contribution in [0.1, 0.15) is 16.1 Å². The Morgan fingerprint density at radius 3 is 3.06 bits per heavy atom. The molecule has 0 saturated heterocycles. The van der Waals surface area contributed by atoms with Gasteiger partial charge < -0.3 is 9.84 Å². The van der Waals surface area contributed by atoms with Crippen molar-refractivity contribution in [2.24, 2.45) is 0 Å². The molecule has 5 nitrogen and oxygen atoms in total. The smallest absolute Gasteiger partial charge is 0.254 e. The number of halogens is 1. The minimum atomic E-state index is -0.653. The van der Waals surface area contributed by atoms with Gasteiger partial charge in [-0.1, -0.05) is 5.16 Å². The summed E-state index contributed by atoms with van der Waals surface area (Å²) in [7, 11) is 0. The number of nitrogens with zero attached hydrogens (tertiary/aromatic N) is 2. The first-order valence-corrected chi connectivity index (χ1v) is 4.54. The van der Waals surface area contributed by atoms with Gasteiger partial charge in [0.1, 0.15) is 12.0 Å². The summed E-state index contributed by atoms with van der Waals surface area (Å²) in [5, 5.41) is 6.12. The lowest BCUT2D eigenvalue weighted by atomic mass is 10.2. The van der Waals surface area contributed by atoms with Crippen LogP contribution in [0.15, 0.2) is 35.3 Å². The van der Waals surface area contributed by atoms with Crippen LogP contribution < -0.4 is 5.32 Å². The van der Waals surface area contributed by atoms with Crippen molar-refractivity contribution in [3.8, 4) is 0 Å². The Morgan fingerprint density at radius 1 is 1.50 bits per heavy atom. The molecule has 0 bridgehead atoms. The highest BCUT2D eigenvalue weighted by molar-refractivity contribution is 5.94. The van der Waals surface area contributed by atoms with Gasteiger partial charge in [0, 0.05) is 12.3 Å². The second kappa shape index (κ2) is 4.52. The van der Waals surface area contributed by atoms with E-state index in [-0.39, 0.29) is 12.1 Å². The Kier molecular flexibility index (Phi) is 2.90. The zero-order valence-corrected chi connectivity index (χ0v) is 8.18. The topological polar surface area (TPSA) is 68.0 Å². The summed E-state index contributed by atoms with van der Waals surface area (Å²) < 4.78 is 17.7. The molecule has 2 heterocycles. The fourth-order valence-electron chi connectivity index (χ4n) is 1.15. The Bertz CT molecular complexity index is 485. The lowest BCUT2D eigenvalue weighted by molar-refractivity contribution is 0.0946. The number of pyridine rings is 1. The molecule has 0 spiro atoms. The van der Waals surface area contributed by atoms with E-state index in [0.29, 0.717) is 5.69 Å². The largest absolute Gasteiger partial charge is 0.364 e. The predicted octanol–water partition coefficient (Wildman–Crippen LogP) is 1.14. The van der Waals surface area contributed by atoms with Crippen molar-refractivity contribution in [2.45, 2.75) is 6.54 Å². The molecule has 0 fully saturated rings. The molecule has 2 aromatic rings. The van der Waals surface area contributed by atoms with Gasteiger partial charge in [0.05, 0.1) is 18.3 Å². The van der Waals surface area contributed by atoms with Crippen molar-refractivity contribution in [2.75, 3.05) is 0 Å². The molecule has 2 aromatic heterocycles. The fraction of sp³-hybridized carbons (Fsp3) is 0.100. The normalized spacial score (nSPS) is 10.1. The number of hydrogen-bond donors (Lipinski definition) is 1. The first-order valence-electron chi connectivity index (χ1n) is 4.54. The van der Waals surface area contributed by atoms with Crippen LogP contribution in [0.25, 0.3) is 0 Å². The molecule has 1 N–H and O–H groups in total. The van der Waals surface area contributed by atoms with Gasteiger partial charge in [-0.05, 0) is 6.07 Å². The van der Waals surface area contributed by atoms with Crippen molar-refractivity contribution in [3.05, 3.63) is 47.9 Å². The van der Waals surface area contributed by atoms with Crippen LogP contribution in [0.5, 0.6) is 0 Å². The van der Waals surface area contributed by atoms with E-state index in [1.54, 1.807) is 6.07 Å². The van der Waals surface area contributed by atoms with E-state index in [1.807, 2.05) is 0 Å². The molecule has 0 aliphatic carbocycles. The van der Waals surface area contributed by atoms with Gasteiger partial charge in [0.25, 0.3) is 5.91 Å². The Hall–Kier alpha value is -2.24. The number of rotatable bonds is 3. The van der Waals surface area contributed by atoms with Crippen molar-refractivity contribution in [3.63, 3.8) is 0 Å². The number of amides is 1. The fourth-order valence-corrected chi connectivity index (χ4v) is 1.15. The van der Waals surface area contributed by atoms with E-state index in [4.69, 9.17) is 0 Å². The molecule has 16 heavy (non-hydrogen) atoms. The minimum Gasteiger partial charge on any atom is -0.364 e. The van der Waals surface area contributed by atoms with Crippen molar-refractivity contribution >= 4 is 5.91 Å². The van der Waals surface area contributed by atoms with Crippen LogP contribution in [-0.2, 0) is 6.54 Å². The van der Waals surface area contributed by atoms with E-state index >= 15 is 0 Å². The highest BCUT2D eigenvalue weighted by Crippen LogP contribution is 2.04. The van der Waals surface area contributed by atoms with Crippen LogP contribution >= 0.6 is 0 Å². The quantitative estimate of drug-likeness (QED) is 0.843. The first kappa shape index (κ1) is 10.3. The number of carbonyl (C=O) groups is 1. The molecule has 0 unspecified atom stereocenters. The summed E-state index contributed by atoms with van der Waals surface area (Å²) >= 11 is 0. The maximum absolute atomic E-state index is 13.1. The van der Waals surface area contributed by atoms with E-state index in [1.165, 1.54) is 18.5 Å². The number of nitrogens with one attached hydrogen (secondary N) is 1. The van der Waals surface area contributed by atoms with Crippen molar-refractivity contribution < 1.29 is 13.7 Å². The average Bonchev–Trinajstić information content (AvgIpc) is 2.79. The summed E-state index contributed by atoms with van der Waals surface area (Å²) in [5.41, 5.74) is 0.529. The lowest BCUT2D eigenvalue weighted by Crippen LogP contribution is -2.24.